The number of pyridine rings is 1. The first kappa shape index (κ1) is 12.3. The van der Waals surface area contributed by atoms with Gasteiger partial charge in [0.25, 0.3) is 0 Å². The van der Waals surface area contributed by atoms with Crippen molar-refractivity contribution in [1.29, 1.82) is 0 Å². The number of nitrogens with zero attached hydrogens (tertiary/aromatic N) is 1. The van der Waals surface area contributed by atoms with Gasteiger partial charge in [-0.1, -0.05) is 18.2 Å². The van der Waals surface area contributed by atoms with Crippen molar-refractivity contribution in [2.24, 2.45) is 0 Å². The van der Waals surface area contributed by atoms with E-state index in [9.17, 15) is 9.18 Å². The zero-order chi connectivity index (χ0) is 12.1. The van der Waals surface area contributed by atoms with E-state index in [-0.39, 0.29) is 5.78 Å². The molecule has 1 aromatic carbocycles. The monoisotopic (exact) mass is 219 g/mol. The molecule has 2 nitrogen and oxygen atoms in total. The Hall–Kier alpha value is -1.77. The van der Waals surface area contributed by atoms with Crippen LogP contribution < -0.4 is 0 Å². The number of carbonyl (C=O) groups excluding carboxylic acids is 1. The molecule has 0 N–H and O–H groups in total. The fourth-order valence-corrected chi connectivity index (χ4v) is 1.57. The number of rotatable bonds is 1. The van der Waals surface area contributed by atoms with Crippen molar-refractivity contribution in [3.05, 3.63) is 41.6 Å². The molecular formula is C13H14FNO. The Morgan fingerprint density at radius 3 is 2.50 bits per heavy atom. The van der Waals surface area contributed by atoms with Crippen LogP contribution in [-0.4, -0.2) is 17.9 Å². The van der Waals surface area contributed by atoms with Crippen molar-refractivity contribution in [2.75, 3.05) is 7.18 Å². The zero-order valence-corrected chi connectivity index (χ0v) is 9.62. The molecule has 0 aliphatic carbocycles. The smallest absolute Gasteiger partial charge is 0.161 e. The van der Waals surface area contributed by atoms with Crippen molar-refractivity contribution in [2.45, 2.75) is 13.8 Å². The summed E-state index contributed by atoms with van der Waals surface area (Å²) >= 11 is 0. The van der Waals surface area contributed by atoms with Gasteiger partial charge in [-0.15, -0.1) is 0 Å². The minimum absolute atomic E-state index is 0.0701. The number of Topliss-reactive ketones (excluding diaryl/α,β-unsaturated/α-hetero) is 1. The number of para-hydroxylation sites is 1. The summed E-state index contributed by atoms with van der Waals surface area (Å²) in [5, 5.41) is 1.02. The van der Waals surface area contributed by atoms with E-state index in [1.54, 1.807) is 6.92 Å². The third-order valence-corrected chi connectivity index (χ3v) is 2.29. The second-order valence-electron chi connectivity index (χ2n) is 3.37. The Kier molecular flexibility index (Phi) is 4.11. The predicted octanol–water partition coefficient (Wildman–Crippen LogP) is 3.33. The van der Waals surface area contributed by atoms with Crippen LogP contribution in [0.4, 0.5) is 4.39 Å². The minimum atomic E-state index is 0.0701. The number of hydrogen-bond acceptors (Lipinski definition) is 2. The Morgan fingerprint density at radius 2 is 1.88 bits per heavy atom. The zero-order valence-electron chi connectivity index (χ0n) is 9.62. The Bertz CT molecular complexity index is 508. The van der Waals surface area contributed by atoms with E-state index >= 15 is 0 Å². The number of aromatic nitrogens is 1. The fraction of sp³-hybridized carbons (Fsp3) is 0.231. The van der Waals surface area contributed by atoms with Crippen LogP contribution in [0.3, 0.4) is 0 Å². The summed E-state index contributed by atoms with van der Waals surface area (Å²) in [6, 6.07) is 9.71. The fourth-order valence-electron chi connectivity index (χ4n) is 1.57. The van der Waals surface area contributed by atoms with Crippen molar-refractivity contribution < 1.29 is 9.18 Å². The SMILES string of the molecule is CC(=O)c1cc2ccccc2nc1C.CF. The first-order valence-corrected chi connectivity index (χ1v) is 4.93. The standard InChI is InChI=1S/C12H11NO.CH3F/c1-8-11(9(2)14)7-10-5-3-4-6-12(10)13-8;1-2/h3-7H,1-2H3;1H3. The molecule has 0 aliphatic heterocycles. The number of ketones is 1. The van der Waals surface area contributed by atoms with Crippen molar-refractivity contribution >= 4 is 16.7 Å². The van der Waals surface area contributed by atoms with Crippen molar-refractivity contribution in [3.63, 3.8) is 0 Å². The highest BCUT2D eigenvalue weighted by Crippen LogP contribution is 2.16. The van der Waals surface area contributed by atoms with E-state index < -0.39 is 0 Å². The molecule has 84 valence electrons. The van der Waals surface area contributed by atoms with Gasteiger partial charge in [0, 0.05) is 16.6 Å². The van der Waals surface area contributed by atoms with Gasteiger partial charge in [0.2, 0.25) is 0 Å². The maximum atomic E-state index is 11.3. The molecule has 0 atom stereocenters. The molecule has 0 radical (unpaired) electrons. The van der Waals surface area contributed by atoms with Gasteiger partial charge in [-0.05, 0) is 26.0 Å². The molecule has 1 aromatic heterocycles. The molecule has 0 saturated carbocycles. The van der Waals surface area contributed by atoms with Crippen LogP contribution in [0.1, 0.15) is 23.0 Å². The van der Waals surface area contributed by atoms with Gasteiger partial charge in [-0.3, -0.25) is 14.2 Å². The molecule has 2 rings (SSSR count). The van der Waals surface area contributed by atoms with E-state index in [0.717, 1.165) is 16.6 Å². The minimum Gasteiger partial charge on any atom is -0.294 e. The molecule has 0 fully saturated rings. The lowest BCUT2D eigenvalue weighted by Gasteiger charge is -2.03. The number of alkyl halides is 1. The molecule has 2 aromatic rings. The van der Waals surface area contributed by atoms with Gasteiger partial charge >= 0.3 is 0 Å². The highest BCUT2D eigenvalue weighted by atomic mass is 19.1. The highest BCUT2D eigenvalue weighted by Gasteiger charge is 2.06. The average Bonchev–Trinajstić information content (AvgIpc) is 2.30. The van der Waals surface area contributed by atoms with E-state index in [1.807, 2.05) is 37.3 Å². The summed E-state index contributed by atoms with van der Waals surface area (Å²) in [5.74, 6) is 0.0701. The summed E-state index contributed by atoms with van der Waals surface area (Å²) < 4.78 is 9.50. The number of halogens is 1. The number of aryl methyl sites for hydroxylation is 1. The third kappa shape index (κ3) is 2.42. The molecule has 0 unspecified atom stereocenters. The number of fused-ring (bicyclic) bond motifs is 1. The highest BCUT2D eigenvalue weighted by molar-refractivity contribution is 5.98. The van der Waals surface area contributed by atoms with Crippen LogP contribution in [0.25, 0.3) is 10.9 Å². The normalized spacial score (nSPS) is 9.50. The Labute approximate surface area is 94.1 Å². The predicted molar refractivity (Wildman–Crippen MR) is 63.5 cm³/mol. The molecule has 0 saturated heterocycles. The van der Waals surface area contributed by atoms with Crippen LogP contribution in [-0.2, 0) is 0 Å². The molecule has 1 heterocycles. The van der Waals surface area contributed by atoms with Gasteiger partial charge in [0.15, 0.2) is 5.78 Å². The quantitative estimate of drug-likeness (QED) is 0.688. The summed E-state index contributed by atoms with van der Waals surface area (Å²) in [7, 11) is 0.500. The number of carbonyl (C=O) groups is 1. The average molecular weight is 219 g/mol. The summed E-state index contributed by atoms with van der Waals surface area (Å²) in [5.41, 5.74) is 2.45. The summed E-state index contributed by atoms with van der Waals surface area (Å²) in [6.07, 6.45) is 0. The van der Waals surface area contributed by atoms with E-state index in [0.29, 0.717) is 12.7 Å². The van der Waals surface area contributed by atoms with Crippen LogP contribution in [0.15, 0.2) is 30.3 Å². The van der Waals surface area contributed by atoms with Crippen molar-refractivity contribution in [3.8, 4) is 0 Å². The number of hydrogen-bond donors (Lipinski definition) is 0. The molecule has 0 amide bonds. The topological polar surface area (TPSA) is 30.0 Å². The molecule has 3 heteroatoms. The maximum Gasteiger partial charge on any atom is 0.161 e. The lowest BCUT2D eigenvalue weighted by atomic mass is 10.1. The Balaban J connectivity index is 0.000000606. The maximum absolute atomic E-state index is 11.3. The van der Waals surface area contributed by atoms with Crippen LogP contribution in [0.2, 0.25) is 0 Å². The molecule has 0 bridgehead atoms. The summed E-state index contributed by atoms with van der Waals surface area (Å²) in [4.78, 5) is 15.6. The van der Waals surface area contributed by atoms with Gasteiger partial charge < -0.3 is 0 Å². The number of benzene rings is 1. The molecule has 0 aliphatic rings. The first-order chi connectivity index (χ1) is 7.68. The van der Waals surface area contributed by atoms with Gasteiger partial charge in [-0.25, -0.2) is 0 Å². The molecule has 0 spiro atoms. The first-order valence-electron chi connectivity index (χ1n) is 4.93. The second-order valence-corrected chi connectivity index (χ2v) is 3.37. The summed E-state index contributed by atoms with van der Waals surface area (Å²) in [6.45, 7) is 3.43. The van der Waals surface area contributed by atoms with Gasteiger partial charge in [-0.2, -0.15) is 0 Å². The van der Waals surface area contributed by atoms with E-state index in [1.165, 1.54) is 0 Å². The third-order valence-electron chi connectivity index (χ3n) is 2.29. The van der Waals surface area contributed by atoms with Crippen LogP contribution in [0, 0.1) is 6.92 Å². The largest absolute Gasteiger partial charge is 0.294 e. The lowest BCUT2D eigenvalue weighted by molar-refractivity contribution is 0.101. The molecular weight excluding hydrogens is 205 g/mol. The van der Waals surface area contributed by atoms with E-state index in [2.05, 4.69) is 4.98 Å². The second kappa shape index (κ2) is 5.35. The van der Waals surface area contributed by atoms with Crippen LogP contribution >= 0.6 is 0 Å². The van der Waals surface area contributed by atoms with Gasteiger partial charge in [0.1, 0.15) is 0 Å². The lowest BCUT2D eigenvalue weighted by Crippen LogP contribution is -1.98. The molecule has 16 heavy (non-hydrogen) atoms. The van der Waals surface area contributed by atoms with Crippen LogP contribution in [0.5, 0.6) is 0 Å². The van der Waals surface area contributed by atoms with Crippen molar-refractivity contribution in [1.82, 2.24) is 4.98 Å². The van der Waals surface area contributed by atoms with E-state index in [4.69, 9.17) is 0 Å². The Morgan fingerprint density at radius 1 is 1.25 bits per heavy atom. The van der Waals surface area contributed by atoms with Gasteiger partial charge in [0.05, 0.1) is 12.7 Å².